The molecule has 2 aliphatic rings. The van der Waals surface area contributed by atoms with Crippen molar-refractivity contribution in [2.45, 2.75) is 77.0 Å². The molecule has 0 bridgehead atoms. The molecule has 66 heavy (non-hydrogen) atoms. The third-order valence-corrected chi connectivity index (χ3v) is 13.8. The number of esters is 2. The second-order valence-corrected chi connectivity index (χ2v) is 17.8. The van der Waals surface area contributed by atoms with Crippen molar-refractivity contribution in [3.8, 4) is 23.0 Å². The molecule has 0 fully saturated rings. The summed E-state index contributed by atoms with van der Waals surface area (Å²) in [7, 11) is 10.9. The minimum atomic E-state index is -0.627. The number of carbonyl (C=O) groups excluding carboxylic acids is 2. The Morgan fingerprint density at radius 3 is 1.55 bits per heavy atom. The number of aliphatic hydroxyl groups is 4. The summed E-state index contributed by atoms with van der Waals surface area (Å²) in [6.45, 7) is 2.82. The highest BCUT2D eigenvalue weighted by molar-refractivity contribution is 5.91. The maximum Gasteiger partial charge on any atom is 0.331 e. The van der Waals surface area contributed by atoms with Gasteiger partial charge in [-0.25, -0.2) is 9.59 Å². The third kappa shape index (κ3) is 11.5. The molecule has 0 aromatic heterocycles. The van der Waals surface area contributed by atoms with Crippen molar-refractivity contribution in [1.82, 2.24) is 0 Å². The number of methoxy groups -OCH3 is 4. The molecule has 0 amide bonds. The number of rotatable bonds is 22. The number of ether oxygens (including phenoxy) is 6. The van der Waals surface area contributed by atoms with E-state index < -0.39 is 11.9 Å². The zero-order valence-electron chi connectivity index (χ0n) is 39.3. The predicted molar refractivity (Wildman–Crippen MR) is 248 cm³/mol. The van der Waals surface area contributed by atoms with Gasteiger partial charge in [-0.1, -0.05) is 24.3 Å². The fraction of sp³-hybridized carbons (Fsp3) is 0.462. The first kappa shape index (κ1) is 49.9. The van der Waals surface area contributed by atoms with Gasteiger partial charge in [0.15, 0.2) is 11.5 Å². The average molecular weight is 913 g/mol. The van der Waals surface area contributed by atoms with Crippen LogP contribution in [0.15, 0.2) is 72.8 Å². The van der Waals surface area contributed by atoms with Crippen LogP contribution in [0.1, 0.15) is 80.6 Å². The van der Waals surface area contributed by atoms with E-state index >= 15 is 0 Å². The summed E-state index contributed by atoms with van der Waals surface area (Å²) in [4.78, 5) is 25.6. The highest BCUT2D eigenvalue weighted by atomic mass is 16.5. The number of benzene rings is 4. The van der Waals surface area contributed by atoms with Crippen molar-refractivity contribution in [3.63, 3.8) is 0 Å². The Labute approximate surface area is 388 Å². The van der Waals surface area contributed by atoms with Gasteiger partial charge in [-0.3, -0.25) is 0 Å². The van der Waals surface area contributed by atoms with Crippen LogP contribution in [0.3, 0.4) is 0 Å². The van der Waals surface area contributed by atoms with Crippen LogP contribution in [0.4, 0.5) is 0 Å². The van der Waals surface area contributed by atoms with Crippen molar-refractivity contribution >= 4 is 11.9 Å². The van der Waals surface area contributed by atoms with E-state index in [1.54, 1.807) is 28.4 Å². The van der Waals surface area contributed by atoms with Crippen molar-refractivity contribution < 1.29 is 67.4 Å². The Morgan fingerprint density at radius 2 is 1.02 bits per heavy atom. The third-order valence-electron chi connectivity index (χ3n) is 13.8. The van der Waals surface area contributed by atoms with Crippen LogP contribution in [0.2, 0.25) is 0 Å². The molecule has 356 valence electrons. The largest absolute Gasteiger partial charge is 0.496 e. The summed E-state index contributed by atoms with van der Waals surface area (Å²) >= 11 is 0. The quantitative estimate of drug-likeness (QED) is 0.0344. The molecule has 14 heteroatoms. The van der Waals surface area contributed by atoms with Crippen LogP contribution in [-0.2, 0) is 71.2 Å². The Morgan fingerprint density at radius 1 is 0.545 bits per heavy atom. The van der Waals surface area contributed by atoms with Gasteiger partial charge >= 0.3 is 11.9 Å². The van der Waals surface area contributed by atoms with E-state index in [0.29, 0.717) is 75.3 Å². The fourth-order valence-corrected chi connectivity index (χ4v) is 9.98. The number of fused-ring (bicyclic) bond motifs is 2. The molecule has 4 atom stereocenters. The molecule has 0 aliphatic carbocycles. The monoisotopic (exact) mass is 912 g/mol. The molecule has 6 rings (SSSR count). The highest BCUT2D eigenvalue weighted by Gasteiger charge is 2.41. The average Bonchev–Trinajstić information content (AvgIpc) is 3.34. The Hall–Kier alpha value is -5.48. The van der Waals surface area contributed by atoms with E-state index in [1.807, 2.05) is 48.5 Å². The summed E-state index contributed by atoms with van der Waals surface area (Å²) < 4.78 is 34.8. The number of hydrogen-bond donors (Lipinski definition) is 4. The Balaban J connectivity index is 1.04. The minimum absolute atomic E-state index is 0.0141. The van der Waals surface area contributed by atoms with E-state index in [9.17, 15) is 30.0 Å². The van der Waals surface area contributed by atoms with Gasteiger partial charge in [-0.15, -0.1) is 0 Å². The van der Waals surface area contributed by atoms with Gasteiger partial charge in [0, 0.05) is 72.9 Å². The zero-order chi connectivity index (χ0) is 47.4. The second kappa shape index (κ2) is 22.8. The van der Waals surface area contributed by atoms with E-state index in [-0.39, 0.29) is 51.7 Å². The van der Waals surface area contributed by atoms with Crippen LogP contribution in [-0.4, -0.2) is 123 Å². The fourth-order valence-electron chi connectivity index (χ4n) is 9.98. The number of quaternary nitrogens is 2. The van der Waals surface area contributed by atoms with Crippen molar-refractivity contribution in [3.05, 3.63) is 128 Å². The van der Waals surface area contributed by atoms with Gasteiger partial charge in [0.2, 0.25) is 0 Å². The number of aliphatic hydroxyl groups excluding tert-OH is 4. The first-order chi connectivity index (χ1) is 31.9. The molecule has 2 aliphatic heterocycles. The number of hydrogen-bond acceptors (Lipinski definition) is 12. The minimum Gasteiger partial charge on any atom is -0.496 e. The number of likely N-dealkylation sites (N-methyl/N-ethyl adjacent to an activating group) is 2. The molecule has 4 aromatic rings. The maximum absolute atomic E-state index is 12.8. The molecule has 4 N–H and O–H groups in total. The molecule has 0 spiro atoms. The van der Waals surface area contributed by atoms with Crippen molar-refractivity contribution in [2.75, 3.05) is 81.9 Å². The normalized spacial score (nSPS) is 20.0. The van der Waals surface area contributed by atoms with Gasteiger partial charge in [0.05, 0.1) is 108 Å². The lowest BCUT2D eigenvalue weighted by Gasteiger charge is -2.46. The molecule has 0 radical (unpaired) electrons. The first-order valence-electron chi connectivity index (χ1n) is 22.7. The molecule has 0 saturated carbocycles. The van der Waals surface area contributed by atoms with Crippen LogP contribution in [0, 0.1) is 0 Å². The van der Waals surface area contributed by atoms with Crippen LogP contribution < -0.4 is 18.9 Å². The topological polar surface area (TPSA) is 170 Å². The molecular weight excluding hydrogens is 845 g/mol. The maximum atomic E-state index is 12.8. The second-order valence-electron chi connectivity index (χ2n) is 17.8. The highest BCUT2D eigenvalue weighted by Crippen LogP contribution is 2.43. The summed E-state index contributed by atoms with van der Waals surface area (Å²) in [6, 6.07) is 19.9. The summed E-state index contributed by atoms with van der Waals surface area (Å²) in [6.07, 6.45) is 6.36. The van der Waals surface area contributed by atoms with Gasteiger partial charge in [0.25, 0.3) is 0 Å². The lowest BCUT2D eigenvalue weighted by atomic mass is 9.84. The predicted octanol–water partition coefficient (Wildman–Crippen LogP) is 5.39. The van der Waals surface area contributed by atoms with Crippen LogP contribution in [0.25, 0.3) is 0 Å². The van der Waals surface area contributed by atoms with Gasteiger partial charge in [0.1, 0.15) is 23.6 Å². The lowest BCUT2D eigenvalue weighted by molar-refractivity contribution is -0.941. The van der Waals surface area contributed by atoms with E-state index in [0.717, 1.165) is 78.0 Å². The number of nitrogens with zero attached hydrogens (tertiary/aromatic N) is 2. The van der Waals surface area contributed by atoms with E-state index in [4.69, 9.17) is 28.4 Å². The Kier molecular flexibility index (Phi) is 17.3. The van der Waals surface area contributed by atoms with E-state index in [1.165, 1.54) is 11.1 Å². The summed E-state index contributed by atoms with van der Waals surface area (Å²) in [5, 5.41) is 40.0. The van der Waals surface area contributed by atoms with Gasteiger partial charge in [-0.2, -0.15) is 0 Å². The molecular formula is C52H68N2O12+2. The standard InChI is InChI=1S/C52H68N2O12/c1-53(19-15-37-27-40(32-56)41(33-57)28-43(37)45(53)24-35-10-12-47(61-3)42(23-35)34-58)17-7-21-65-51(59)13-14-52(60)66-22-8-18-54(2)20-16-38-29-49(63-5)50(64-6)30-44(38)46(54)25-36-9-11-39(31-55)48(26-36)62-4/h9-14,23,26-30,45-46,55-58H,7-8,15-22,24-25,31-34H2,1-6H3/q+2/t45-,46-,53-,54-/m1/s1. The molecule has 4 aromatic carbocycles. The Bertz CT molecular complexity index is 2190. The van der Waals surface area contributed by atoms with Crippen LogP contribution >= 0.6 is 0 Å². The van der Waals surface area contributed by atoms with Crippen molar-refractivity contribution in [2.24, 2.45) is 0 Å². The zero-order valence-corrected chi connectivity index (χ0v) is 39.3. The molecule has 0 unspecified atom stereocenters. The summed E-state index contributed by atoms with van der Waals surface area (Å²) in [5.74, 6) is 1.37. The lowest BCUT2D eigenvalue weighted by Crippen LogP contribution is -2.52. The molecule has 0 saturated heterocycles. The molecule has 2 heterocycles. The first-order valence-corrected chi connectivity index (χ1v) is 22.7. The van der Waals surface area contributed by atoms with Crippen LogP contribution in [0.5, 0.6) is 23.0 Å². The summed E-state index contributed by atoms with van der Waals surface area (Å²) in [5.41, 5.74) is 9.55. The van der Waals surface area contributed by atoms with E-state index in [2.05, 4.69) is 26.2 Å². The van der Waals surface area contributed by atoms with Crippen molar-refractivity contribution in [1.29, 1.82) is 0 Å². The number of carbonyl (C=O) groups is 2. The van der Waals surface area contributed by atoms with Gasteiger partial charge < -0.3 is 57.8 Å². The molecule has 14 nitrogen and oxygen atoms in total. The van der Waals surface area contributed by atoms with Gasteiger partial charge in [-0.05, 0) is 69.8 Å². The smallest absolute Gasteiger partial charge is 0.331 e. The SMILES string of the molecule is COc1ccc(C[C@@H]2c3cc(CO)c(CO)cc3CC[N@@+]2(C)CCCOC(=O)C=CC(=O)OCCC[N@+]2(C)CCc3cc(OC)c(OC)cc3[C@H]2Cc2ccc(CO)c(OC)c2)cc1CO.